The molecule has 3 nitrogen and oxygen atoms in total. The second-order valence-corrected chi connectivity index (χ2v) is 4.32. The number of aliphatic hydroxyl groups is 1. The highest BCUT2D eigenvalue weighted by atomic mass is 19.1. The van der Waals surface area contributed by atoms with Crippen LogP contribution >= 0.6 is 0 Å². The molecule has 3 N–H and O–H groups in total. The van der Waals surface area contributed by atoms with E-state index in [9.17, 15) is 4.39 Å². The Hall–Kier alpha value is -1.29. The normalized spacial score (nSPS) is 20.4. The molecule has 0 aromatic heterocycles. The average molecular weight is 224 g/mol. The van der Waals surface area contributed by atoms with Crippen molar-refractivity contribution in [2.45, 2.75) is 12.8 Å². The SMILES string of the molecule is Nc1cc(F)ccc1N1CCC(CCO)C1. The summed E-state index contributed by atoms with van der Waals surface area (Å²) >= 11 is 0. The summed E-state index contributed by atoms with van der Waals surface area (Å²) in [6.07, 6.45) is 1.90. The number of halogens is 1. The number of rotatable bonds is 3. The minimum Gasteiger partial charge on any atom is -0.397 e. The number of nitrogens with two attached hydrogens (primary N) is 1. The lowest BCUT2D eigenvalue weighted by Crippen LogP contribution is -2.21. The molecule has 2 rings (SSSR count). The summed E-state index contributed by atoms with van der Waals surface area (Å²) in [5.41, 5.74) is 7.18. The summed E-state index contributed by atoms with van der Waals surface area (Å²) in [6, 6.07) is 4.52. The van der Waals surface area contributed by atoms with Crippen LogP contribution in [-0.2, 0) is 0 Å². The minimum absolute atomic E-state index is 0.234. The molecule has 1 atom stereocenters. The Morgan fingerprint density at radius 1 is 1.50 bits per heavy atom. The summed E-state index contributed by atoms with van der Waals surface area (Å²) in [5, 5.41) is 8.88. The van der Waals surface area contributed by atoms with Crippen LogP contribution in [0.2, 0.25) is 0 Å². The van der Waals surface area contributed by atoms with E-state index in [1.807, 2.05) is 0 Å². The Balaban J connectivity index is 2.08. The summed E-state index contributed by atoms with van der Waals surface area (Å²) in [5.74, 6) is 0.224. The van der Waals surface area contributed by atoms with Gasteiger partial charge in [-0.15, -0.1) is 0 Å². The number of aliphatic hydroxyl groups excluding tert-OH is 1. The average Bonchev–Trinajstić information content (AvgIpc) is 2.67. The van der Waals surface area contributed by atoms with Crippen molar-refractivity contribution < 1.29 is 9.50 Å². The van der Waals surface area contributed by atoms with E-state index >= 15 is 0 Å². The van der Waals surface area contributed by atoms with Gasteiger partial charge in [0.15, 0.2) is 0 Å². The van der Waals surface area contributed by atoms with Gasteiger partial charge in [-0.3, -0.25) is 0 Å². The third kappa shape index (κ3) is 2.27. The van der Waals surface area contributed by atoms with Crippen molar-refractivity contribution in [1.82, 2.24) is 0 Å². The molecule has 0 radical (unpaired) electrons. The monoisotopic (exact) mass is 224 g/mol. The molecule has 0 aliphatic carbocycles. The molecule has 1 saturated heterocycles. The molecule has 1 unspecified atom stereocenters. The van der Waals surface area contributed by atoms with Crippen molar-refractivity contribution in [3.63, 3.8) is 0 Å². The smallest absolute Gasteiger partial charge is 0.125 e. The Kier molecular flexibility index (Phi) is 3.29. The van der Waals surface area contributed by atoms with Gasteiger partial charge in [0.05, 0.1) is 11.4 Å². The van der Waals surface area contributed by atoms with E-state index in [-0.39, 0.29) is 12.4 Å². The van der Waals surface area contributed by atoms with E-state index in [4.69, 9.17) is 10.8 Å². The number of hydrogen-bond acceptors (Lipinski definition) is 3. The van der Waals surface area contributed by atoms with E-state index in [2.05, 4.69) is 4.90 Å². The van der Waals surface area contributed by atoms with Crippen molar-refractivity contribution >= 4 is 11.4 Å². The first-order valence-electron chi connectivity index (χ1n) is 5.61. The Bertz CT molecular complexity index is 370. The second-order valence-electron chi connectivity index (χ2n) is 4.32. The molecular formula is C12H17FN2O. The van der Waals surface area contributed by atoms with Crippen LogP contribution in [0, 0.1) is 11.7 Å². The molecule has 16 heavy (non-hydrogen) atoms. The fraction of sp³-hybridized carbons (Fsp3) is 0.500. The number of hydrogen-bond donors (Lipinski definition) is 2. The maximum absolute atomic E-state index is 12.9. The largest absolute Gasteiger partial charge is 0.397 e. The van der Waals surface area contributed by atoms with Gasteiger partial charge in [-0.05, 0) is 37.0 Å². The van der Waals surface area contributed by atoms with Crippen molar-refractivity contribution in [3.8, 4) is 0 Å². The van der Waals surface area contributed by atoms with Gasteiger partial charge >= 0.3 is 0 Å². The summed E-state index contributed by atoms with van der Waals surface area (Å²) in [7, 11) is 0. The van der Waals surface area contributed by atoms with E-state index in [0.29, 0.717) is 11.6 Å². The predicted molar refractivity (Wildman–Crippen MR) is 62.8 cm³/mol. The van der Waals surface area contributed by atoms with Crippen LogP contribution in [0.25, 0.3) is 0 Å². The topological polar surface area (TPSA) is 49.5 Å². The van der Waals surface area contributed by atoms with E-state index in [1.54, 1.807) is 6.07 Å². The van der Waals surface area contributed by atoms with Gasteiger partial charge in [-0.1, -0.05) is 0 Å². The number of nitrogen functional groups attached to an aromatic ring is 1. The van der Waals surface area contributed by atoms with Gasteiger partial charge in [0.1, 0.15) is 5.82 Å². The van der Waals surface area contributed by atoms with Gasteiger partial charge < -0.3 is 15.7 Å². The van der Waals surface area contributed by atoms with Gasteiger partial charge in [-0.2, -0.15) is 0 Å². The van der Waals surface area contributed by atoms with Crippen molar-refractivity contribution in [1.29, 1.82) is 0 Å². The van der Waals surface area contributed by atoms with Gasteiger partial charge in [0, 0.05) is 19.7 Å². The lowest BCUT2D eigenvalue weighted by atomic mass is 10.1. The molecule has 1 aliphatic heterocycles. The van der Waals surface area contributed by atoms with Gasteiger partial charge in [0.25, 0.3) is 0 Å². The first-order chi connectivity index (χ1) is 7.70. The number of anilines is 2. The zero-order valence-electron chi connectivity index (χ0n) is 9.19. The van der Waals surface area contributed by atoms with E-state index in [0.717, 1.165) is 31.6 Å². The maximum atomic E-state index is 12.9. The molecule has 0 saturated carbocycles. The number of nitrogens with zero attached hydrogens (tertiary/aromatic N) is 1. The summed E-state index contributed by atoms with van der Waals surface area (Å²) < 4.78 is 12.9. The molecular weight excluding hydrogens is 207 g/mol. The van der Waals surface area contributed by atoms with Crippen molar-refractivity contribution in [2.75, 3.05) is 30.3 Å². The van der Waals surface area contributed by atoms with Crippen LogP contribution in [0.1, 0.15) is 12.8 Å². The molecule has 1 aliphatic rings. The zero-order valence-corrected chi connectivity index (χ0v) is 9.19. The molecule has 1 aromatic carbocycles. The quantitative estimate of drug-likeness (QED) is 0.767. The second kappa shape index (κ2) is 4.70. The van der Waals surface area contributed by atoms with Crippen LogP contribution in [0.4, 0.5) is 15.8 Å². The van der Waals surface area contributed by atoms with Crippen LogP contribution in [0.3, 0.4) is 0 Å². The van der Waals surface area contributed by atoms with Crippen LogP contribution in [0.5, 0.6) is 0 Å². The van der Waals surface area contributed by atoms with E-state index < -0.39 is 0 Å². The standard InChI is InChI=1S/C12H17FN2O/c13-10-1-2-12(11(14)7-10)15-5-3-9(8-15)4-6-16/h1-2,7,9,16H,3-6,8,14H2. The lowest BCUT2D eigenvalue weighted by molar-refractivity contribution is 0.263. The van der Waals surface area contributed by atoms with Gasteiger partial charge in [0.2, 0.25) is 0 Å². The highest BCUT2D eigenvalue weighted by Crippen LogP contribution is 2.30. The van der Waals surface area contributed by atoms with Crippen LogP contribution in [0.15, 0.2) is 18.2 Å². The molecule has 0 amide bonds. The summed E-state index contributed by atoms with van der Waals surface area (Å²) in [6.45, 7) is 2.06. The fourth-order valence-electron chi connectivity index (χ4n) is 2.28. The van der Waals surface area contributed by atoms with Gasteiger partial charge in [-0.25, -0.2) is 4.39 Å². The summed E-state index contributed by atoms with van der Waals surface area (Å²) in [4.78, 5) is 2.16. The Morgan fingerprint density at radius 3 is 3.00 bits per heavy atom. The predicted octanol–water partition coefficient (Wildman–Crippen LogP) is 1.62. The third-order valence-corrected chi connectivity index (χ3v) is 3.15. The molecule has 4 heteroatoms. The highest BCUT2D eigenvalue weighted by molar-refractivity contribution is 5.67. The van der Waals surface area contributed by atoms with E-state index in [1.165, 1.54) is 12.1 Å². The van der Waals surface area contributed by atoms with Crippen LogP contribution in [-0.4, -0.2) is 24.8 Å². The third-order valence-electron chi connectivity index (χ3n) is 3.15. The highest BCUT2D eigenvalue weighted by Gasteiger charge is 2.23. The fourth-order valence-corrected chi connectivity index (χ4v) is 2.28. The molecule has 88 valence electrons. The van der Waals surface area contributed by atoms with Crippen LogP contribution < -0.4 is 10.6 Å². The molecule has 1 heterocycles. The molecule has 0 bridgehead atoms. The number of benzene rings is 1. The maximum Gasteiger partial charge on any atom is 0.125 e. The van der Waals surface area contributed by atoms with Crippen molar-refractivity contribution in [2.24, 2.45) is 5.92 Å². The molecule has 1 fully saturated rings. The lowest BCUT2D eigenvalue weighted by Gasteiger charge is -2.20. The molecule has 1 aromatic rings. The first-order valence-corrected chi connectivity index (χ1v) is 5.61. The Labute approximate surface area is 94.7 Å². The van der Waals surface area contributed by atoms with Crippen molar-refractivity contribution in [3.05, 3.63) is 24.0 Å². The minimum atomic E-state index is -0.299. The Morgan fingerprint density at radius 2 is 2.31 bits per heavy atom. The first kappa shape index (κ1) is 11.2. The molecule has 0 spiro atoms. The zero-order chi connectivity index (χ0) is 11.5.